The van der Waals surface area contributed by atoms with Crippen molar-refractivity contribution in [2.24, 2.45) is 12.0 Å². The lowest BCUT2D eigenvalue weighted by atomic mass is 10.1. The molecule has 0 aliphatic rings. The van der Waals surface area contributed by atoms with Crippen LogP contribution in [0.15, 0.2) is 83.2 Å². The smallest absolute Gasteiger partial charge is 0.341 e. The van der Waals surface area contributed by atoms with Gasteiger partial charge in [0.05, 0.1) is 24.6 Å². The molecule has 9 nitrogen and oxygen atoms in total. The third kappa shape index (κ3) is 5.88. The number of hydrogen-bond donors (Lipinski definition) is 1. The second-order valence-electron chi connectivity index (χ2n) is 6.95. The second kappa shape index (κ2) is 10.2. The van der Waals surface area contributed by atoms with Crippen molar-refractivity contribution in [3.05, 3.63) is 94.9 Å². The van der Waals surface area contributed by atoms with Gasteiger partial charge in [-0.1, -0.05) is 24.8 Å². The molecule has 0 aliphatic heterocycles. The number of aromatic nitrogens is 4. The van der Waals surface area contributed by atoms with Gasteiger partial charge in [-0.25, -0.2) is 9.48 Å². The van der Waals surface area contributed by atoms with Gasteiger partial charge in [0, 0.05) is 30.6 Å². The van der Waals surface area contributed by atoms with Gasteiger partial charge in [-0.2, -0.15) is 10.2 Å². The highest BCUT2D eigenvalue weighted by Gasteiger charge is 2.07. The highest BCUT2D eigenvalue weighted by molar-refractivity contribution is 5.99. The minimum absolute atomic E-state index is 0.206. The number of benzene rings is 1. The third-order valence-electron chi connectivity index (χ3n) is 4.49. The highest BCUT2D eigenvalue weighted by Crippen LogP contribution is 2.14. The van der Waals surface area contributed by atoms with Crippen molar-refractivity contribution in [3.8, 4) is 11.3 Å². The third-order valence-corrected chi connectivity index (χ3v) is 4.49. The summed E-state index contributed by atoms with van der Waals surface area (Å²) in [5.41, 5.74) is 3.70. The lowest BCUT2D eigenvalue weighted by Gasteiger charge is -2.08. The maximum atomic E-state index is 12.3. The van der Waals surface area contributed by atoms with Crippen LogP contribution in [0.25, 0.3) is 11.3 Å². The summed E-state index contributed by atoms with van der Waals surface area (Å²) in [6.45, 7) is 5.23. The number of carbonyl (C=O) groups is 1. The Morgan fingerprint density at radius 2 is 2.12 bits per heavy atom. The van der Waals surface area contributed by atoms with E-state index in [-0.39, 0.29) is 11.3 Å². The Balaban J connectivity index is 1.81. The van der Waals surface area contributed by atoms with E-state index in [0.29, 0.717) is 18.0 Å². The van der Waals surface area contributed by atoms with Gasteiger partial charge in [0.15, 0.2) is 6.61 Å². The molecule has 0 unspecified atom stereocenters. The quantitative estimate of drug-likeness (QED) is 0.315. The monoisotopic (exact) mass is 433 g/mol. The summed E-state index contributed by atoms with van der Waals surface area (Å²) in [5.74, 6) is -0.825. The largest absolute Gasteiger partial charge is 0.480 e. The number of hydrogen-bond acceptors (Lipinski definition) is 6. The van der Waals surface area contributed by atoms with Gasteiger partial charge in [0.2, 0.25) is 0 Å². The van der Waals surface area contributed by atoms with Crippen molar-refractivity contribution in [1.82, 2.24) is 19.6 Å². The van der Waals surface area contributed by atoms with Gasteiger partial charge >= 0.3 is 5.97 Å². The normalized spacial score (nSPS) is 11.9. The van der Waals surface area contributed by atoms with Gasteiger partial charge in [-0.3, -0.25) is 14.5 Å². The molecule has 0 amide bonds. The minimum Gasteiger partial charge on any atom is -0.480 e. The zero-order valence-corrected chi connectivity index (χ0v) is 17.8. The lowest BCUT2D eigenvalue weighted by Crippen LogP contribution is -2.22. The maximum absolute atomic E-state index is 12.3. The number of nitrogens with zero attached hydrogens (tertiary/aromatic N) is 5. The molecule has 0 bridgehead atoms. The Bertz CT molecular complexity index is 1250. The van der Waals surface area contributed by atoms with Crippen LogP contribution in [0.2, 0.25) is 0 Å². The number of rotatable bonds is 9. The number of aryl methyl sites for hydroxylation is 1. The molecule has 32 heavy (non-hydrogen) atoms. The zero-order valence-electron chi connectivity index (χ0n) is 17.8. The highest BCUT2D eigenvalue weighted by atomic mass is 16.5. The fourth-order valence-electron chi connectivity index (χ4n) is 2.87. The summed E-state index contributed by atoms with van der Waals surface area (Å²) in [6, 6.07) is 10.8. The van der Waals surface area contributed by atoms with Crippen molar-refractivity contribution in [3.63, 3.8) is 0 Å². The number of ether oxygens (including phenoxy) is 1. The number of carboxylic acids is 1. The number of allylic oxidation sites excluding steroid dienone is 1. The minimum atomic E-state index is -1.08. The first-order valence-corrected chi connectivity index (χ1v) is 9.74. The average molecular weight is 433 g/mol. The van der Waals surface area contributed by atoms with Crippen LogP contribution in [0.4, 0.5) is 0 Å². The molecular weight excluding hydrogens is 410 g/mol. The molecule has 9 heteroatoms. The topological polar surface area (TPSA) is 112 Å². The first kappa shape index (κ1) is 22.4. The van der Waals surface area contributed by atoms with Gasteiger partial charge in [0.25, 0.3) is 5.56 Å². The zero-order chi connectivity index (χ0) is 23.1. The summed E-state index contributed by atoms with van der Waals surface area (Å²) in [6.07, 6.45) is 6.34. The van der Waals surface area contributed by atoms with E-state index in [1.807, 2.05) is 44.4 Å². The van der Waals surface area contributed by atoms with Crippen LogP contribution in [0.5, 0.6) is 0 Å². The summed E-state index contributed by atoms with van der Waals surface area (Å²) in [7, 11) is 1.82. The predicted molar refractivity (Wildman–Crippen MR) is 120 cm³/mol. The van der Waals surface area contributed by atoms with Gasteiger partial charge in [-0.05, 0) is 36.3 Å². The standard InChI is InChI=1S/C23H23N5O4/c1-4-20(32-15-23(30)31)12-24-16(2)18-7-5-6-17(10-18)13-28-22(29)9-8-21(26-28)19-11-25-27(3)14-19/h4-12,14H,1,13,15H2,2-3H3,(H,30,31)/b20-12+,24-16+. The summed E-state index contributed by atoms with van der Waals surface area (Å²) in [5, 5.41) is 17.3. The summed E-state index contributed by atoms with van der Waals surface area (Å²) < 4.78 is 8.17. The van der Waals surface area contributed by atoms with Crippen LogP contribution in [0, 0.1) is 0 Å². The molecular formula is C23H23N5O4. The fraction of sp³-hybridized carbons (Fsp3) is 0.174. The summed E-state index contributed by atoms with van der Waals surface area (Å²) >= 11 is 0. The van der Waals surface area contributed by atoms with Crippen LogP contribution >= 0.6 is 0 Å². The number of aliphatic imine (C=N–C) groups is 1. The molecule has 2 heterocycles. The Kier molecular flexibility index (Phi) is 7.12. The van der Waals surface area contributed by atoms with Crippen LogP contribution in [0.3, 0.4) is 0 Å². The van der Waals surface area contributed by atoms with Crippen molar-refractivity contribution in [2.45, 2.75) is 13.5 Å². The van der Waals surface area contributed by atoms with E-state index >= 15 is 0 Å². The molecule has 2 aromatic heterocycles. The molecule has 0 atom stereocenters. The van der Waals surface area contributed by atoms with Crippen molar-refractivity contribution < 1.29 is 14.6 Å². The Labute approximate surface area is 184 Å². The Hall–Kier alpha value is -4.27. The van der Waals surface area contributed by atoms with Crippen LogP contribution in [0.1, 0.15) is 18.1 Å². The van der Waals surface area contributed by atoms with E-state index in [9.17, 15) is 9.59 Å². The van der Waals surface area contributed by atoms with E-state index in [1.54, 1.807) is 16.9 Å². The molecule has 0 saturated heterocycles. The van der Waals surface area contributed by atoms with Crippen molar-refractivity contribution in [1.29, 1.82) is 0 Å². The SMILES string of the molecule is C=C/C(=C\N=C(/C)c1cccc(Cn2nc(-c3cnn(C)c3)ccc2=O)c1)OCC(=O)O. The molecule has 1 aromatic carbocycles. The van der Waals surface area contributed by atoms with Crippen molar-refractivity contribution >= 4 is 11.7 Å². The molecule has 0 spiro atoms. The number of carboxylic acid groups (broad SMARTS) is 1. The maximum Gasteiger partial charge on any atom is 0.341 e. The van der Waals surface area contributed by atoms with Gasteiger partial charge in [0.1, 0.15) is 5.76 Å². The average Bonchev–Trinajstić information content (AvgIpc) is 3.21. The molecule has 164 valence electrons. The van der Waals surface area contributed by atoms with Crippen LogP contribution < -0.4 is 5.56 Å². The van der Waals surface area contributed by atoms with E-state index < -0.39 is 12.6 Å². The second-order valence-corrected chi connectivity index (χ2v) is 6.95. The van der Waals surface area contributed by atoms with E-state index in [2.05, 4.69) is 21.8 Å². The van der Waals surface area contributed by atoms with Gasteiger partial charge < -0.3 is 9.84 Å². The lowest BCUT2D eigenvalue weighted by molar-refractivity contribution is -0.140. The molecule has 0 saturated carbocycles. The molecule has 1 N–H and O–H groups in total. The molecule has 3 rings (SSSR count). The first-order valence-electron chi connectivity index (χ1n) is 9.74. The van der Waals surface area contributed by atoms with E-state index in [0.717, 1.165) is 16.7 Å². The molecule has 0 fully saturated rings. The summed E-state index contributed by atoms with van der Waals surface area (Å²) in [4.78, 5) is 27.3. The van der Waals surface area contributed by atoms with Crippen molar-refractivity contribution in [2.75, 3.05) is 6.61 Å². The van der Waals surface area contributed by atoms with Crippen LogP contribution in [-0.4, -0.2) is 43.0 Å². The predicted octanol–water partition coefficient (Wildman–Crippen LogP) is 2.63. The molecule has 3 aromatic rings. The molecule has 0 radical (unpaired) electrons. The Morgan fingerprint density at radius 3 is 2.81 bits per heavy atom. The first-order chi connectivity index (χ1) is 15.4. The molecule has 0 aliphatic carbocycles. The van der Waals surface area contributed by atoms with E-state index in [4.69, 9.17) is 9.84 Å². The van der Waals surface area contributed by atoms with Gasteiger partial charge in [-0.15, -0.1) is 0 Å². The fourth-order valence-corrected chi connectivity index (χ4v) is 2.87. The van der Waals surface area contributed by atoms with E-state index in [1.165, 1.54) is 23.0 Å². The number of aliphatic carboxylic acids is 1. The van der Waals surface area contributed by atoms with Crippen LogP contribution in [-0.2, 0) is 23.1 Å². The Morgan fingerprint density at radius 1 is 1.31 bits per heavy atom.